The molecule has 1 fully saturated rings. The SMILES string of the molecule is O=C(NCc1ccccc1CN1CCCC1CO)c1ccsc1. The number of aliphatic hydroxyl groups is 1. The van der Waals surface area contributed by atoms with E-state index in [1.165, 1.54) is 16.9 Å². The molecule has 1 amide bonds. The standard InChI is InChI=1S/C18H22N2O2S/c21-12-17-6-3-8-20(17)11-15-5-2-1-4-14(15)10-19-18(22)16-7-9-23-13-16/h1-2,4-5,7,9,13,17,21H,3,6,8,10-12H2,(H,19,22). The minimum Gasteiger partial charge on any atom is -0.395 e. The summed E-state index contributed by atoms with van der Waals surface area (Å²) in [5.74, 6) is -0.0320. The molecule has 23 heavy (non-hydrogen) atoms. The zero-order valence-corrected chi connectivity index (χ0v) is 13.9. The molecule has 1 aromatic carbocycles. The number of likely N-dealkylation sites (tertiary alicyclic amines) is 1. The van der Waals surface area contributed by atoms with E-state index < -0.39 is 0 Å². The molecule has 0 aliphatic carbocycles. The van der Waals surface area contributed by atoms with Gasteiger partial charge in [-0.15, -0.1) is 0 Å². The Hall–Kier alpha value is -1.69. The van der Waals surface area contributed by atoms with E-state index in [0.29, 0.717) is 12.1 Å². The fourth-order valence-electron chi connectivity index (χ4n) is 3.08. The number of hydrogen-bond donors (Lipinski definition) is 2. The van der Waals surface area contributed by atoms with E-state index in [4.69, 9.17) is 0 Å². The zero-order valence-electron chi connectivity index (χ0n) is 13.1. The number of carbonyl (C=O) groups excluding carboxylic acids is 1. The number of aliphatic hydroxyl groups excluding tert-OH is 1. The predicted octanol–water partition coefficient (Wildman–Crippen LogP) is 2.63. The van der Waals surface area contributed by atoms with Gasteiger partial charge in [0, 0.05) is 30.1 Å². The monoisotopic (exact) mass is 330 g/mol. The fraction of sp³-hybridized carbons (Fsp3) is 0.389. The summed E-state index contributed by atoms with van der Waals surface area (Å²) in [5, 5.41) is 16.2. The molecule has 0 radical (unpaired) electrons. The Bertz CT molecular complexity index is 642. The van der Waals surface area contributed by atoms with E-state index in [2.05, 4.69) is 22.3 Å². The van der Waals surface area contributed by atoms with Crippen LogP contribution in [-0.4, -0.2) is 35.1 Å². The number of rotatable bonds is 6. The number of nitrogens with one attached hydrogen (secondary N) is 1. The summed E-state index contributed by atoms with van der Waals surface area (Å²) in [6.07, 6.45) is 2.20. The van der Waals surface area contributed by atoms with Crippen LogP contribution >= 0.6 is 11.3 Å². The molecule has 1 aliphatic heterocycles. The van der Waals surface area contributed by atoms with Gasteiger partial charge in [-0.05, 0) is 42.0 Å². The lowest BCUT2D eigenvalue weighted by molar-refractivity contribution is 0.0951. The van der Waals surface area contributed by atoms with Gasteiger partial charge in [0.15, 0.2) is 0 Å². The third kappa shape index (κ3) is 3.99. The minimum absolute atomic E-state index is 0.0320. The summed E-state index contributed by atoms with van der Waals surface area (Å²) in [5.41, 5.74) is 3.07. The fourth-order valence-corrected chi connectivity index (χ4v) is 3.72. The van der Waals surface area contributed by atoms with E-state index in [1.54, 1.807) is 0 Å². The van der Waals surface area contributed by atoms with Crippen LogP contribution < -0.4 is 5.32 Å². The summed E-state index contributed by atoms with van der Waals surface area (Å²) in [7, 11) is 0. The van der Waals surface area contributed by atoms with E-state index >= 15 is 0 Å². The molecule has 5 heteroatoms. The number of thiophene rings is 1. The van der Waals surface area contributed by atoms with Crippen LogP contribution in [0.25, 0.3) is 0 Å². The molecule has 2 aromatic rings. The van der Waals surface area contributed by atoms with Gasteiger partial charge in [-0.1, -0.05) is 24.3 Å². The summed E-state index contributed by atoms with van der Waals surface area (Å²) >= 11 is 1.53. The Morgan fingerprint density at radius 2 is 2.13 bits per heavy atom. The second kappa shape index (κ2) is 7.73. The van der Waals surface area contributed by atoms with Crippen LogP contribution in [0.2, 0.25) is 0 Å². The van der Waals surface area contributed by atoms with Crippen molar-refractivity contribution < 1.29 is 9.90 Å². The smallest absolute Gasteiger partial charge is 0.252 e. The van der Waals surface area contributed by atoms with Crippen LogP contribution in [0.4, 0.5) is 0 Å². The normalized spacial score (nSPS) is 18.2. The highest BCUT2D eigenvalue weighted by Gasteiger charge is 2.24. The number of carbonyl (C=O) groups is 1. The molecule has 2 N–H and O–H groups in total. The van der Waals surface area contributed by atoms with Crippen LogP contribution in [-0.2, 0) is 13.1 Å². The topological polar surface area (TPSA) is 52.6 Å². The highest BCUT2D eigenvalue weighted by molar-refractivity contribution is 7.08. The molecular weight excluding hydrogens is 308 g/mol. The maximum absolute atomic E-state index is 12.1. The second-order valence-electron chi connectivity index (χ2n) is 5.91. The van der Waals surface area contributed by atoms with Crippen molar-refractivity contribution in [3.8, 4) is 0 Å². The second-order valence-corrected chi connectivity index (χ2v) is 6.69. The maximum Gasteiger partial charge on any atom is 0.252 e. The molecule has 1 aliphatic rings. The van der Waals surface area contributed by atoms with E-state index in [1.807, 2.05) is 29.0 Å². The Kier molecular flexibility index (Phi) is 5.43. The Labute approximate surface area is 140 Å². The lowest BCUT2D eigenvalue weighted by Gasteiger charge is -2.24. The van der Waals surface area contributed by atoms with Crippen molar-refractivity contribution in [1.29, 1.82) is 0 Å². The zero-order chi connectivity index (χ0) is 16.1. The van der Waals surface area contributed by atoms with Crippen molar-refractivity contribution in [2.24, 2.45) is 0 Å². The molecule has 1 unspecified atom stereocenters. The van der Waals surface area contributed by atoms with Gasteiger partial charge in [-0.3, -0.25) is 9.69 Å². The minimum atomic E-state index is -0.0320. The lowest BCUT2D eigenvalue weighted by atomic mass is 10.1. The van der Waals surface area contributed by atoms with Crippen molar-refractivity contribution in [1.82, 2.24) is 10.2 Å². The van der Waals surface area contributed by atoms with Crippen molar-refractivity contribution in [3.05, 3.63) is 57.8 Å². The highest BCUT2D eigenvalue weighted by atomic mass is 32.1. The van der Waals surface area contributed by atoms with Gasteiger partial charge in [0.1, 0.15) is 0 Å². The van der Waals surface area contributed by atoms with Crippen LogP contribution in [0.1, 0.15) is 34.3 Å². The average Bonchev–Trinajstić information content (AvgIpc) is 3.25. The van der Waals surface area contributed by atoms with E-state index in [9.17, 15) is 9.90 Å². The largest absolute Gasteiger partial charge is 0.395 e. The van der Waals surface area contributed by atoms with Gasteiger partial charge in [0.2, 0.25) is 0 Å². The van der Waals surface area contributed by atoms with Gasteiger partial charge < -0.3 is 10.4 Å². The molecular formula is C18H22N2O2S. The molecule has 0 bridgehead atoms. The Morgan fingerprint density at radius 3 is 2.87 bits per heavy atom. The van der Waals surface area contributed by atoms with Gasteiger partial charge in [-0.25, -0.2) is 0 Å². The van der Waals surface area contributed by atoms with Crippen molar-refractivity contribution in [2.75, 3.05) is 13.2 Å². The van der Waals surface area contributed by atoms with Crippen LogP contribution in [0.5, 0.6) is 0 Å². The van der Waals surface area contributed by atoms with Crippen molar-refractivity contribution in [3.63, 3.8) is 0 Å². The van der Waals surface area contributed by atoms with Gasteiger partial charge in [0.25, 0.3) is 5.91 Å². The lowest BCUT2D eigenvalue weighted by Crippen LogP contribution is -2.32. The van der Waals surface area contributed by atoms with Crippen molar-refractivity contribution in [2.45, 2.75) is 32.0 Å². The first kappa shape index (κ1) is 16.2. The first-order chi connectivity index (χ1) is 11.3. The molecule has 2 heterocycles. The summed E-state index contributed by atoms with van der Waals surface area (Å²) in [6, 6.07) is 10.3. The number of amides is 1. The molecule has 3 rings (SSSR count). The first-order valence-electron chi connectivity index (χ1n) is 8.00. The summed E-state index contributed by atoms with van der Waals surface area (Å²) in [6.45, 7) is 2.61. The van der Waals surface area contributed by atoms with Gasteiger partial charge >= 0.3 is 0 Å². The van der Waals surface area contributed by atoms with E-state index in [-0.39, 0.29) is 18.6 Å². The Morgan fingerprint density at radius 1 is 1.30 bits per heavy atom. The molecule has 4 nitrogen and oxygen atoms in total. The molecule has 1 aromatic heterocycles. The average molecular weight is 330 g/mol. The maximum atomic E-state index is 12.1. The molecule has 1 atom stereocenters. The number of nitrogens with zero attached hydrogens (tertiary/aromatic N) is 1. The quantitative estimate of drug-likeness (QED) is 0.856. The number of hydrogen-bond acceptors (Lipinski definition) is 4. The Balaban J connectivity index is 1.65. The van der Waals surface area contributed by atoms with E-state index in [0.717, 1.165) is 31.5 Å². The summed E-state index contributed by atoms with van der Waals surface area (Å²) in [4.78, 5) is 14.4. The van der Waals surface area contributed by atoms with Gasteiger partial charge in [-0.2, -0.15) is 11.3 Å². The van der Waals surface area contributed by atoms with Crippen LogP contribution in [0.15, 0.2) is 41.1 Å². The molecule has 1 saturated heterocycles. The number of benzene rings is 1. The van der Waals surface area contributed by atoms with Crippen LogP contribution in [0, 0.1) is 0 Å². The highest BCUT2D eigenvalue weighted by Crippen LogP contribution is 2.21. The third-order valence-corrected chi connectivity index (χ3v) is 5.11. The van der Waals surface area contributed by atoms with Gasteiger partial charge in [0.05, 0.1) is 6.61 Å². The molecule has 0 saturated carbocycles. The molecule has 122 valence electrons. The first-order valence-corrected chi connectivity index (χ1v) is 8.94. The molecule has 0 spiro atoms. The third-order valence-electron chi connectivity index (χ3n) is 4.42. The van der Waals surface area contributed by atoms with Crippen LogP contribution in [0.3, 0.4) is 0 Å². The van der Waals surface area contributed by atoms with Crippen molar-refractivity contribution >= 4 is 17.2 Å². The predicted molar refractivity (Wildman–Crippen MR) is 92.4 cm³/mol. The summed E-state index contributed by atoms with van der Waals surface area (Å²) < 4.78 is 0.